The summed E-state index contributed by atoms with van der Waals surface area (Å²) in [6, 6.07) is 11.3. The van der Waals surface area contributed by atoms with Crippen LogP contribution in [0, 0.1) is 0 Å². The second kappa shape index (κ2) is 9.92. The van der Waals surface area contributed by atoms with Crippen LogP contribution in [-0.4, -0.2) is 96.7 Å². The molecule has 0 aliphatic carbocycles. The highest BCUT2D eigenvalue weighted by molar-refractivity contribution is 5.68. The summed E-state index contributed by atoms with van der Waals surface area (Å²) in [5.74, 6) is 0. The first-order chi connectivity index (χ1) is 13.8. The maximum atomic E-state index is 12.3. The molecule has 2 saturated heterocycles. The second-order valence-electron chi connectivity index (χ2n) is 9.48. The van der Waals surface area contributed by atoms with E-state index >= 15 is 0 Å². The van der Waals surface area contributed by atoms with Gasteiger partial charge in [0.05, 0.1) is 0 Å². The van der Waals surface area contributed by atoms with Gasteiger partial charge in [-0.1, -0.05) is 30.3 Å². The Bertz CT molecular complexity index is 638. The minimum absolute atomic E-state index is 0.183. The number of amides is 1. The Balaban J connectivity index is 1.50. The van der Waals surface area contributed by atoms with Crippen LogP contribution in [-0.2, 0) is 11.3 Å². The van der Waals surface area contributed by atoms with Gasteiger partial charge in [-0.2, -0.15) is 0 Å². The maximum Gasteiger partial charge on any atom is 0.410 e. The van der Waals surface area contributed by atoms with E-state index in [0.717, 1.165) is 58.9 Å². The molecule has 162 valence electrons. The van der Waals surface area contributed by atoms with E-state index in [2.05, 4.69) is 52.1 Å². The molecule has 6 heteroatoms. The molecule has 0 bridgehead atoms. The molecular weight excluding hydrogens is 364 g/mol. The average molecular weight is 403 g/mol. The standard InChI is InChI=1S/C23H38N4O2/c1-23(2,3)29-22(28)27-15-13-25(14-16-27)18-21-19-26(12-8-11-24(21)4)17-20-9-6-5-7-10-20/h5-7,9-10,21H,8,11-19H2,1-4H3. The molecule has 2 aliphatic heterocycles. The molecule has 29 heavy (non-hydrogen) atoms. The quantitative estimate of drug-likeness (QED) is 0.774. The van der Waals surface area contributed by atoms with Crippen LogP contribution in [0.4, 0.5) is 4.79 Å². The average Bonchev–Trinajstić information content (AvgIpc) is 2.83. The number of hydrogen-bond acceptors (Lipinski definition) is 5. The topological polar surface area (TPSA) is 39.3 Å². The molecule has 1 unspecified atom stereocenters. The highest BCUT2D eigenvalue weighted by Gasteiger charge is 2.29. The zero-order valence-electron chi connectivity index (χ0n) is 18.6. The Morgan fingerprint density at radius 1 is 1.00 bits per heavy atom. The van der Waals surface area contributed by atoms with Crippen LogP contribution in [0.3, 0.4) is 0 Å². The fraction of sp³-hybridized carbons (Fsp3) is 0.696. The maximum absolute atomic E-state index is 12.3. The molecular formula is C23H38N4O2. The lowest BCUT2D eigenvalue weighted by atomic mass is 10.1. The highest BCUT2D eigenvalue weighted by atomic mass is 16.6. The molecule has 1 aromatic carbocycles. The first-order valence-electron chi connectivity index (χ1n) is 11.0. The van der Waals surface area contributed by atoms with E-state index in [1.165, 1.54) is 12.0 Å². The van der Waals surface area contributed by atoms with Crippen molar-refractivity contribution in [2.24, 2.45) is 0 Å². The van der Waals surface area contributed by atoms with Crippen LogP contribution in [0.1, 0.15) is 32.8 Å². The van der Waals surface area contributed by atoms with Crippen LogP contribution in [0.15, 0.2) is 30.3 Å². The molecule has 1 amide bonds. The number of nitrogens with zero attached hydrogens (tertiary/aromatic N) is 4. The van der Waals surface area contributed by atoms with Gasteiger partial charge in [-0.15, -0.1) is 0 Å². The Hall–Kier alpha value is -1.63. The van der Waals surface area contributed by atoms with Crippen molar-refractivity contribution < 1.29 is 9.53 Å². The van der Waals surface area contributed by atoms with E-state index < -0.39 is 5.60 Å². The molecule has 2 fully saturated rings. The van der Waals surface area contributed by atoms with E-state index in [-0.39, 0.29) is 6.09 Å². The van der Waals surface area contributed by atoms with Gasteiger partial charge < -0.3 is 14.5 Å². The Morgan fingerprint density at radius 2 is 1.69 bits per heavy atom. The number of carbonyl (C=O) groups is 1. The summed E-state index contributed by atoms with van der Waals surface area (Å²) in [4.78, 5) is 21.8. The zero-order valence-corrected chi connectivity index (χ0v) is 18.6. The molecule has 1 aromatic rings. The molecule has 2 heterocycles. The van der Waals surface area contributed by atoms with E-state index in [1.807, 2.05) is 25.7 Å². The number of carbonyl (C=O) groups excluding carboxylic acids is 1. The largest absolute Gasteiger partial charge is 0.444 e. The van der Waals surface area contributed by atoms with Crippen molar-refractivity contribution in [3.63, 3.8) is 0 Å². The first kappa shape index (κ1) is 22.1. The van der Waals surface area contributed by atoms with E-state index in [9.17, 15) is 4.79 Å². The van der Waals surface area contributed by atoms with Crippen molar-refractivity contribution in [2.75, 3.05) is 59.4 Å². The third kappa shape index (κ3) is 6.98. The summed E-state index contributed by atoms with van der Waals surface area (Å²) < 4.78 is 5.52. The van der Waals surface area contributed by atoms with Crippen molar-refractivity contribution in [2.45, 2.75) is 45.4 Å². The predicted octanol–water partition coefficient (Wildman–Crippen LogP) is 2.75. The first-order valence-corrected chi connectivity index (χ1v) is 11.0. The minimum atomic E-state index is -0.431. The predicted molar refractivity (Wildman–Crippen MR) is 117 cm³/mol. The van der Waals surface area contributed by atoms with Gasteiger partial charge in [-0.05, 0) is 52.9 Å². The normalized spacial score (nSPS) is 23.0. The van der Waals surface area contributed by atoms with Crippen LogP contribution in [0.2, 0.25) is 0 Å². The fourth-order valence-electron chi connectivity index (χ4n) is 4.17. The molecule has 2 aliphatic rings. The lowest BCUT2D eigenvalue weighted by Gasteiger charge is -2.39. The van der Waals surface area contributed by atoms with Crippen LogP contribution in [0.25, 0.3) is 0 Å². The number of piperazine rings is 1. The third-order valence-electron chi connectivity index (χ3n) is 5.82. The van der Waals surface area contributed by atoms with Crippen LogP contribution < -0.4 is 0 Å². The summed E-state index contributed by atoms with van der Waals surface area (Å²) >= 11 is 0. The van der Waals surface area contributed by atoms with Gasteiger partial charge in [0.25, 0.3) is 0 Å². The monoisotopic (exact) mass is 402 g/mol. The summed E-state index contributed by atoms with van der Waals surface area (Å²) in [7, 11) is 2.26. The summed E-state index contributed by atoms with van der Waals surface area (Å²) in [5.41, 5.74) is 0.959. The number of ether oxygens (including phenoxy) is 1. The fourth-order valence-corrected chi connectivity index (χ4v) is 4.17. The zero-order chi connectivity index (χ0) is 20.9. The Labute approximate surface area is 176 Å². The van der Waals surface area contributed by atoms with Crippen LogP contribution >= 0.6 is 0 Å². The van der Waals surface area contributed by atoms with Gasteiger partial charge in [-0.3, -0.25) is 9.80 Å². The van der Waals surface area contributed by atoms with Gasteiger partial charge in [-0.25, -0.2) is 4.79 Å². The molecule has 0 N–H and O–H groups in total. The van der Waals surface area contributed by atoms with Gasteiger partial charge in [0.2, 0.25) is 0 Å². The molecule has 0 radical (unpaired) electrons. The Morgan fingerprint density at radius 3 is 2.34 bits per heavy atom. The van der Waals surface area contributed by atoms with Crippen molar-refractivity contribution in [1.82, 2.24) is 19.6 Å². The van der Waals surface area contributed by atoms with Gasteiger partial charge in [0, 0.05) is 51.9 Å². The van der Waals surface area contributed by atoms with Gasteiger partial charge >= 0.3 is 6.09 Å². The highest BCUT2D eigenvalue weighted by Crippen LogP contribution is 2.16. The molecule has 6 nitrogen and oxygen atoms in total. The smallest absolute Gasteiger partial charge is 0.410 e. The summed E-state index contributed by atoms with van der Waals surface area (Å²) in [5, 5.41) is 0. The molecule has 3 rings (SSSR count). The Kier molecular flexibility index (Phi) is 7.55. The number of benzene rings is 1. The lowest BCUT2D eigenvalue weighted by Crippen LogP contribution is -2.54. The van der Waals surface area contributed by atoms with E-state index in [0.29, 0.717) is 6.04 Å². The summed E-state index contributed by atoms with van der Waals surface area (Å²) in [6.45, 7) is 14.6. The van der Waals surface area contributed by atoms with Crippen molar-refractivity contribution in [3.05, 3.63) is 35.9 Å². The molecule has 0 aromatic heterocycles. The van der Waals surface area contributed by atoms with E-state index in [4.69, 9.17) is 4.74 Å². The molecule has 1 atom stereocenters. The van der Waals surface area contributed by atoms with Crippen LogP contribution in [0.5, 0.6) is 0 Å². The van der Waals surface area contributed by atoms with Crippen molar-refractivity contribution in [1.29, 1.82) is 0 Å². The minimum Gasteiger partial charge on any atom is -0.444 e. The number of hydrogen-bond donors (Lipinski definition) is 0. The second-order valence-corrected chi connectivity index (χ2v) is 9.48. The number of rotatable bonds is 4. The SMILES string of the molecule is CN1CCCN(Cc2ccccc2)CC1CN1CCN(C(=O)OC(C)(C)C)CC1. The summed E-state index contributed by atoms with van der Waals surface area (Å²) in [6.07, 6.45) is 1.03. The molecule has 0 spiro atoms. The third-order valence-corrected chi connectivity index (χ3v) is 5.82. The van der Waals surface area contributed by atoms with Gasteiger partial charge in [0.15, 0.2) is 0 Å². The lowest BCUT2D eigenvalue weighted by molar-refractivity contribution is 0.0120. The van der Waals surface area contributed by atoms with Gasteiger partial charge in [0.1, 0.15) is 5.60 Å². The molecule has 0 saturated carbocycles. The van der Waals surface area contributed by atoms with Crippen molar-refractivity contribution >= 4 is 6.09 Å². The number of likely N-dealkylation sites (N-methyl/N-ethyl adjacent to an activating group) is 1. The van der Waals surface area contributed by atoms with E-state index in [1.54, 1.807) is 0 Å². The van der Waals surface area contributed by atoms with Crippen molar-refractivity contribution in [3.8, 4) is 0 Å².